The van der Waals surface area contributed by atoms with Gasteiger partial charge in [0.2, 0.25) is 0 Å². The number of nitrogens with two attached hydrogens (primary N) is 1. The number of hydrogen-bond acceptors (Lipinski definition) is 9. The normalized spacial score (nSPS) is 13.8. The smallest absolute Gasteiger partial charge is 0.472 e. The third kappa shape index (κ3) is 38.9. The molecule has 0 rings (SSSR count). The molecule has 0 spiro atoms. The second-order valence-electron chi connectivity index (χ2n) is 15.2. The van der Waals surface area contributed by atoms with Gasteiger partial charge in [-0.05, 0) is 38.5 Å². The van der Waals surface area contributed by atoms with Crippen LogP contribution in [0.3, 0.4) is 0 Å². The van der Waals surface area contributed by atoms with E-state index >= 15 is 0 Å². The Labute approximate surface area is 335 Å². The summed E-state index contributed by atoms with van der Waals surface area (Å²) in [5.74, 6) is -2.39. The van der Waals surface area contributed by atoms with Crippen LogP contribution in [-0.2, 0) is 37.5 Å². The third-order valence-corrected chi connectivity index (χ3v) is 10.7. The molecule has 0 aromatic rings. The molecular formula is C43H82NO10P. The first-order chi connectivity index (χ1) is 26.6. The van der Waals surface area contributed by atoms with Gasteiger partial charge in [0.25, 0.3) is 0 Å². The van der Waals surface area contributed by atoms with E-state index in [-0.39, 0.29) is 19.4 Å². The molecule has 4 N–H and O–H groups in total. The molecule has 0 amide bonds. The summed E-state index contributed by atoms with van der Waals surface area (Å²) in [4.78, 5) is 45.9. The predicted molar refractivity (Wildman–Crippen MR) is 222 cm³/mol. The van der Waals surface area contributed by atoms with E-state index in [1.54, 1.807) is 0 Å². The number of aliphatic carboxylic acids is 1. The Morgan fingerprint density at radius 2 is 0.909 bits per heavy atom. The minimum Gasteiger partial charge on any atom is -0.480 e. The van der Waals surface area contributed by atoms with Gasteiger partial charge >= 0.3 is 25.7 Å². The number of carbonyl (C=O) groups is 3. The van der Waals surface area contributed by atoms with Crippen molar-refractivity contribution < 1.29 is 47.5 Å². The lowest BCUT2D eigenvalue weighted by molar-refractivity contribution is -0.161. The number of phosphoric acid groups is 1. The van der Waals surface area contributed by atoms with E-state index in [9.17, 15) is 23.8 Å². The van der Waals surface area contributed by atoms with Gasteiger partial charge in [0, 0.05) is 12.8 Å². The molecule has 0 radical (unpaired) electrons. The van der Waals surface area contributed by atoms with E-state index in [2.05, 4.69) is 30.5 Å². The monoisotopic (exact) mass is 804 g/mol. The predicted octanol–water partition coefficient (Wildman–Crippen LogP) is 11.7. The van der Waals surface area contributed by atoms with Crippen molar-refractivity contribution in [3.8, 4) is 0 Å². The topological polar surface area (TPSA) is 172 Å². The molecule has 12 heteroatoms. The zero-order valence-electron chi connectivity index (χ0n) is 35.0. The van der Waals surface area contributed by atoms with E-state index in [4.69, 9.17) is 24.8 Å². The van der Waals surface area contributed by atoms with Crippen LogP contribution in [0.2, 0.25) is 0 Å². The lowest BCUT2D eigenvalue weighted by Gasteiger charge is -2.20. The number of rotatable bonds is 42. The lowest BCUT2D eigenvalue weighted by atomic mass is 10.0. The molecule has 1 unspecified atom stereocenters. The number of esters is 2. The first kappa shape index (κ1) is 53.2. The average molecular weight is 804 g/mol. The van der Waals surface area contributed by atoms with Crippen molar-refractivity contribution in [2.24, 2.45) is 5.73 Å². The zero-order valence-corrected chi connectivity index (χ0v) is 35.9. The molecule has 0 aliphatic rings. The fourth-order valence-corrected chi connectivity index (χ4v) is 7.02. The number of carbonyl (C=O) groups excluding carboxylic acids is 2. The van der Waals surface area contributed by atoms with Crippen LogP contribution in [0.5, 0.6) is 0 Å². The van der Waals surface area contributed by atoms with Crippen molar-refractivity contribution in [2.75, 3.05) is 19.8 Å². The van der Waals surface area contributed by atoms with Gasteiger partial charge in [-0.25, -0.2) is 4.57 Å². The van der Waals surface area contributed by atoms with Crippen LogP contribution in [0, 0.1) is 0 Å². The molecule has 0 heterocycles. The standard InChI is InChI=1S/C43H82NO10P/c1-3-5-7-9-11-13-15-17-19-21-22-24-26-28-30-32-34-41(45)51-36-39(37-52-55(49,50)53-38-40(44)43(47)48)54-42(46)35-33-31-29-27-25-23-20-18-16-14-12-10-8-6-4-2/h25,27,39-40H,3-24,26,28-38,44H2,1-2H3,(H,47,48)(H,49,50)/b27-25+/t39-,40+/m1/s1. The van der Waals surface area contributed by atoms with Gasteiger partial charge in [0.15, 0.2) is 6.10 Å². The number of ether oxygens (including phenoxy) is 2. The van der Waals surface area contributed by atoms with E-state index in [0.717, 1.165) is 38.5 Å². The Morgan fingerprint density at radius 1 is 0.545 bits per heavy atom. The minimum absolute atomic E-state index is 0.135. The molecule has 0 aliphatic carbocycles. The van der Waals surface area contributed by atoms with Crippen molar-refractivity contribution in [1.29, 1.82) is 0 Å². The molecular weight excluding hydrogens is 721 g/mol. The van der Waals surface area contributed by atoms with Crippen LogP contribution < -0.4 is 5.73 Å². The maximum atomic E-state index is 12.6. The van der Waals surface area contributed by atoms with Gasteiger partial charge < -0.3 is 25.2 Å². The maximum Gasteiger partial charge on any atom is 0.472 e. The number of allylic oxidation sites excluding steroid dienone is 2. The number of hydrogen-bond donors (Lipinski definition) is 3. The molecule has 324 valence electrons. The average Bonchev–Trinajstić information content (AvgIpc) is 3.16. The summed E-state index contributed by atoms with van der Waals surface area (Å²) < 4.78 is 32.7. The van der Waals surface area contributed by atoms with Crippen LogP contribution in [0.25, 0.3) is 0 Å². The molecule has 3 atom stereocenters. The van der Waals surface area contributed by atoms with Crippen molar-refractivity contribution >= 4 is 25.7 Å². The van der Waals surface area contributed by atoms with Gasteiger partial charge in [-0.3, -0.25) is 23.4 Å². The van der Waals surface area contributed by atoms with Crippen LogP contribution in [0.1, 0.15) is 213 Å². The summed E-state index contributed by atoms with van der Waals surface area (Å²) in [5, 5.41) is 8.88. The van der Waals surface area contributed by atoms with Gasteiger partial charge in [0.1, 0.15) is 12.6 Å². The fourth-order valence-electron chi connectivity index (χ4n) is 6.24. The van der Waals surface area contributed by atoms with Gasteiger partial charge in [-0.1, -0.05) is 174 Å². The summed E-state index contributed by atoms with van der Waals surface area (Å²) in [5.41, 5.74) is 5.33. The molecule has 11 nitrogen and oxygen atoms in total. The van der Waals surface area contributed by atoms with E-state index in [1.165, 1.54) is 135 Å². The number of carboxylic acid groups (broad SMARTS) is 1. The minimum atomic E-state index is -4.71. The van der Waals surface area contributed by atoms with Crippen molar-refractivity contribution in [1.82, 2.24) is 0 Å². The summed E-state index contributed by atoms with van der Waals surface area (Å²) >= 11 is 0. The van der Waals surface area contributed by atoms with Crippen LogP contribution in [0.15, 0.2) is 12.2 Å². The Hall–Kier alpha value is -1.78. The number of phosphoric ester groups is 1. The Balaban J connectivity index is 4.35. The molecule has 0 bridgehead atoms. The van der Waals surface area contributed by atoms with Crippen molar-refractivity contribution in [2.45, 2.75) is 225 Å². The van der Waals surface area contributed by atoms with Crippen LogP contribution in [0.4, 0.5) is 0 Å². The summed E-state index contributed by atoms with van der Waals surface area (Å²) in [7, 11) is -4.71. The van der Waals surface area contributed by atoms with E-state index in [1.807, 2.05) is 0 Å². The van der Waals surface area contributed by atoms with Crippen LogP contribution >= 0.6 is 7.82 Å². The second-order valence-corrected chi connectivity index (χ2v) is 16.6. The summed E-state index contributed by atoms with van der Waals surface area (Å²) in [6, 6.07) is -1.52. The highest BCUT2D eigenvalue weighted by molar-refractivity contribution is 7.47. The number of unbranched alkanes of at least 4 members (excludes halogenated alkanes) is 26. The highest BCUT2D eigenvalue weighted by Crippen LogP contribution is 2.43. The molecule has 0 saturated carbocycles. The Bertz CT molecular complexity index is 995. The number of carboxylic acids is 1. The molecule has 0 aromatic heterocycles. The molecule has 55 heavy (non-hydrogen) atoms. The highest BCUT2D eigenvalue weighted by atomic mass is 31.2. The maximum absolute atomic E-state index is 12.6. The second kappa shape index (κ2) is 39.1. The first-order valence-electron chi connectivity index (χ1n) is 22.2. The summed E-state index contributed by atoms with van der Waals surface area (Å²) in [6.45, 7) is 2.81. The molecule has 0 aliphatic heterocycles. The Morgan fingerprint density at radius 3 is 1.36 bits per heavy atom. The highest BCUT2D eigenvalue weighted by Gasteiger charge is 2.28. The first-order valence-corrected chi connectivity index (χ1v) is 23.7. The SMILES string of the molecule is CCCCCCCCCCC/C=C/CCCCC(=O)O[C@H](COC(=O)CCCCCCCCCCCCCCCCCC)COP(=O)(O)OC[C@H](N)C(=O)O. The summed E-state index contributed by atoms with van der Waals surface area (Å²) in [6.07, 6.45) is 38.5. The molecule has 0 fully saturated rings. The fraction of sp³-hybridized carbons (Fsp3) is 0.884. The largest absolute Gasteiger partial charge is 0.480 e. The van der Waals surface area contributed by atoms with E-state index < -0.39 is 51.1 Å². The van der Waals surface area contributed by atoms with E-state index in [0.29, 0.717) is 12.8 Å². The van der Waals surface area contributed by atoms with Gasteiger partial charge in [-0.2, -0.15) is 0 Å². The van der Waals surface area contributed by atoms with Gasteiger partial charge in [-0.15, -0.1) is 0 Å². The third-order valence-electron chi connectivity index (χ3n) is 9.76. The lowest BCUT2D eigenvalue weighted by Crippen LogP contribution is -2.34. The zero-order chi connectivity index (χ0) is 40.7. The van der Waals surface area contributed by atoms with Crippen LogP contribution in [-0.4, -0.2) is 59.9 Å². The van der Waals surface area contributed by atoms with Crippen molar-refractivity contribution in [3.63, 3.8) is 0 Å². The van der Waals surface area contributed by atoms with Crippen molar-refractivity contribution in [3.05, 3.63) is 12.2 Å². The molecule has 0 aromatic carbocycles. The quantitative estimate of drug-likeness (QED) is 0.0232. The molecule has 0 saturated heterocycles. The Kier molecular flexibility index (Phi) is 37.8. The van der Waals surface area contributed by atoms with Gasteiger partial charge in [0.05, 0.1) is 13.2 Å².